The number of ether oxygens (including phenoxy) is 1. The molecule has 0 aliphatic rings. The molecular weight excluding hydrogens is 346 g/mol. The number of nitrogens with one attached hydrogen (secondary N) is 1. The Labute approximate surface area is 147 Å². The second kappa shape index (κ2) is 7.19. The fourth-order valence-corrected chi connectivity index (χ4v) is 2.34. The first-order valence-electron chi connectivity index (χ1n) is 7.29. The maximum atomic E-state index is 12.0. The van der Waals surface area contributed by atoms with Gasteiger partial charge >= 0.3 is 11.6 Å². The topological polar surface area (TPSA) is 85.6 Å². The van der Waals surface area contributed by atoms with Crippen LogP contribution in [0.2, 0.25) is 5.02 Å². The van der Waals surface area contributed by atoms with Crippen LogP contribution >= 0.6 is 11.6 Å². The fraction of sp³-hybridized carbons (Fsp3) is 0.0556. The minimum absolute atomic E-state index is 0.274. The third kappa shape index (κ3) is 3.87. The summed E-state index contributed by atoms with van der Waals surface area (Å²) in [6, 6.07) is 14.8. The number of hydrogen-bond acceptors (Lipinski definition) is 5. The van der Waals surface area contributed by atoms with E-state index in [0.29, 0.717) is 21.7 Å². The van der Waals surface area contributed by atoms with E-state index in [2.05, 4.69) is 5.32 Å². The molecule has 0 atom stereocenters. The second-order valence-electron chi connectivity index (χ2n) is 5.09. The van der Waals surface area contributed by atoms with Gasteiger partial charge in [0.1, 0.15) is 11.1 Å². The average molecular weight is 358 g/mol. The maximum Gasteiger partial charge on any atom is 0.351 e. The zero-order valence-electron chi connectivity index (χ0n) is 12.8. The minimum Gasteiger partial charge on any atom is -0.452 e. The molecule has 0 radical (unpaired) electrons. The Morgan fingerprint density at radius 1 is 1.08 bits per heavy atom. The Bertz CT molecular complexity index is 1010. The monoisotopic (exact) mass is 357 g/mol. The molecule has 6 nitrogen and oxygen atoms in total. The number of carbonyl (C=O) groups excluding carboxylic acids is 2. The van der Waals surface area contributed by atoms with Crippen LogP contribution in [0.4, 0.5) is 5.69 Å². The van der Waals surface area contributed by atoms with E-state index in [4.69, 9.17) is 20.8 Å². The van der Waals surface area contributed by atoms with Crippen LogP contribution < -0.4 is 10.9 Å². The number of halogens is 1. The highest BCUT2D eigenvalue weighted by atomic mass is 35.5. The van der Waals surface area contributed by atoms with Gasteiger partial charge in [-0.3, -0.25) is 4.79 Å². The number of rotatable bonds is 4. The molecule has 0 fully saturated rings. The van der Waals surface area contributed by atoms with E-state index in [0.717, 1.165) is 0 Å². The Morgan fingerprint density at radius 3 is 2.60 bits per heavy atom. The zero-order valence-corrected chi connectivity index (χ0v) is 13.6. The number of amides is 1. The van der Waals surface area contributed by atoms with E-state index in [1.807, 2.05) is 0 Å². The molecule has 0 saturated heterocycles. The second-order valence-corrected chi connectivity index (χ2v) is 5.50. The zero-order chi connectivity index (χ0) is 17.8. The van der Waals surface area contributed by atoms with Crippen molar-refractivity contribution < 1.29 is 18.7 Å². The third-order valence-corrected chi connectivity index (χ3v) is 3.67. The lowest BCUT2D eigenvalue weighted by Gasteiger charge is -2.07. The lowest BCUT2D eigenvalue weighted by Crippen LogP contribution is -2.23. The van der Waals surface area contributed by atoms with Crippen LogP contribution in [0.5, 0.6) is 0 Å². The third-order valence-electron chi connectivity index (χ3n) is 3.34. The number of benzene rings is 2. The number of esters is 1. The molecule has 1 N–H and O–H groups in total. The van der Waals surface area contributed by atoms with E-state index < -0.39 is 24.1 Å². The summed E-state index contributed by atoms with van der Waals surface area (Å²) in [5.74, 6) is -1.51. The van der Waals surface area contributed by atoms with E-state index in [1.54, 1.807) is 48.5 Å². The summed E-state index contributed by atoms with van der Waals surface area (Å²) in [6.07, 6.45) is 0. The van der Waals surface area contributed by atoms with Gasteiger partial charge in [0.15, 0.2) is 6.61 Å². The van der Waals surface area contributed by atoms with E-state index >= 15 is 0 Å². The summed E-state index contributed by atoms with van der Waals surface area (Å²) in [6.45, 7) is -0.559. The number of para-hydroxylation sites is 2. The van der Waals surface area contributed by atoms with E-state index in [9.17, 15) is 14.4 Å². The van der Waals surface area contributed by atoms with Gasteiger partial charge in [-0.1, -0.05) is 41.9 Å². The molecule has 0 saturated carbocycles. The van der Waals surface area contributed by atoms with Crippen LogP contribution in [0.3, 0.4) is 0 Å². The maximum absolute atomic E-state index is 12.0. The molecule has 126 valence electrons. The Hall–Kier alpha value is -3.12. The predicted octanol–water partition coefficient (Wildman–Crippen LogP) is 3.24. The minimum atomic E-state index is -0.936. The van der Waals surface area contributed by atoms with Crippen LogP contribution in [0.1, 0.15) is 10.4 Å². The van der Waals surface area contributed by atoms with Crippen molar-refractivity contribution in [1.29, 1.82) is 0 Å². The summed E-state index contributed by atoms with van der Waals surface area (Å²) in [4.78, 5) is 35.8. The first-order valence-corrected chi connectivity index (χ1v) is 7.67. The van der Waals surface area contributed by atoms with Gasteiger partial charge in [-0.2, -0.15) is 0 Å². The summed E-state index contributed by atoms with van der Waals surface area (Å²) >= 11 is 5.93. The highest BCUT2D eigenvalue weighted by molar-refractivity contribution is 6.33. The molecule has 2 aromatic carbocycles. The molecule has 3 aromatic rings. The van der Waals surface area contributed by atoms with Gasteiger partial charge in [0.25, 0.3) is 5.91 Å². The first-order chi connectivity index (χ1) is 12.0. The lowest BCUT2D eigenvalue weighted by molar-refractivity contribution is -0.119. The average Bonchev–Trinajstić information content (AvgIpc) is 2.61. The molecule has 1 heterocycles. The van der Waals surface area contributed by atoms with Crippen LogP contribution in [0, 0.1) is 0 Å². The Balaban J connectivity index is 1.68. The van der Waals surface area contributed by atoms with Crippen LogP contribution in [0.15, 0.2) is 63.8 Å². The van der Waals surface area contributed by atoms with Gasteiger partial charge in [0.2, 0.25) is 0 Å². The molecule has 0 unspecified atom stereocenters. The molecule has 0 bridgehead atoms. The highest BCUT2D eigenvalue weighted by Gasteiger charge is 2.17. The number of anilines is 1. The van der Waals surface area contributed by atoms with Crippen molar-refractivity contribution in [2.24, 2.45) is 0 Å². The predicted molar refractivity (Wildman–Crippen MR) is 92.8 cm³/mol. The number of carbonyl (C=O) groups is 2. The number of fused-ring (bicyclic) bond motifs is 1. The fourth-order valence-electron chi connectivity index (χ4n) is 2.16. The van der Waals surface area contributed by atoms with Gasteiger partial charge in [0.05, 0.1) is 10.7 Å². The SMILES string of the molecule is O=C(COC(=O)c1cc2ccccc2oc1=O)Nc1ccccc1Cl. The molecule has 7 heteroatoms. The van der Waals surface area contributed by atoms with Crippen molar-refractivity contribution in [3.05, 3.63) is 75.6 Å². The van der Waals surface area contributed by atoms with Crippen molar-refractivity contribution in [1.82, 2.24) is 0 Å². The van der Waals surface area contributed by atoms with Gasteiger partial charge in [-0.15, -0.1) is 0 Å². The van der Waals surface area contributed by atoms with E-state index in [1.165, 1.54) is 6.07 Å². The highest BCUT2D eigenvalue weighted by Crippen LogP contribution is 2.20. The normalized spacial score (nSPS) is 10.4. The summed E-state index contributed by atoms with van der Waals surface area (Å²) in [7, 11) is 0. The molecule has 25 heavy (non-hydrogen) atoms. The quantitative estimate of drug-likeness (QED) is 0.572. The Kier molecular flexibility index (Phi) is 4.81. The number of hydrogen-bond donors (Lipinski definition) is 1. The van der Waals surface area contributed by atoms with Gasteiger partial charge < -0.3 is 14.5 Å². The van der Waals surface area contributed by atoms with Gasteiger partial charge in [0, 0.05) is 5.39 Å². The molecule has 1 amide bonds. The van der Waals surface area contributed by atoms with Crippen molar-refractivity contribution in [2.75, 3.05) is 11.9 Å². The smallest absolute Gasteiger partial charge is 0.351 e. The van der Waals surface area contributed by atoms with Crippen molar-refractivity contribution >= 4 is 40.1 Å². The van der Waals surface area contributed by atoms with Gasteiger partial charge in [-0.05, 0) is 24.3 Å². The first kappa shape index (κ1) is 16.7. The van der Waals surface area contributed by atoms with Crippen LogP contribution in [-0.2, 0) is 9.53 Å². The summed E-state index contributed by atoms with van der Waals surface area (Å²) in [5, 5.41) is 3.45. The summed E-state index contributed by atoms with van der Waals surface area (Å²) < 4.78 is 9.94. The summed E-state index contributed by atoms with van der Waals surface area (Å²) in [5.41, 5.74) is -0.338. The van der Waals surface area contributed by atoms with Crippen LogP contribution in [0.25, 0.3) is 11.0 Å². The molecule has 0 aliphatic heterocycles. The molecule has 1 aromatic heterocycles. The molecule has 0 spiro atoms. The largest absolute Gasteiger partial charge is 0.452 e. The molecule has 0 aliphatic carbocycles. The van der Waals surface area contributed by atoms with Crippen LogP contribution in [-0.4, -0.2) is 18.5 Å². The van der Waals surface area contributed by atoms with Gasteiger partial charge in [-0.25, -0.2) is 9.59 Å². The lowest BCUT2D eigenvalue weighted by atomic mass is 10.2. The van der Waals surface area contributed by atoms with Crippen molar-refractivity contribution in [2.45, 2.75) is 0 Å². The Morgan fingerprint density at radius 2 is 1.80 bits per heavy atom. The van der Waals surface area contributed by atoms with E-state index in [-0.39, 0.29) is 5.56 Å². The van der Waals surface area contributed by atoms with Crippen molar-refractivity contribution in [3.63, 3.8) is 0 Å². The van der Waals surface area contributed by atoms with Crippen molar-refractivity contribution in [3.8, 4) is 0 Å². The molecule has 3 rings (SSSR count). The molecular formula is C18H12ClNO5. The standard InChI is InChI=1S/C18H12ClNO5/c19-13-6-2-3-7-14(13)20-16(21)10-24-17(22)12-9-11-5-1-4-8-15(11)25-18(12)23/h1-9H,10H2,(H,20,21).